The summed E-state index contributed by atoms with van der Waals surface area (Å²) in [6, 6.07) is 0. The topological polar surface area (TPSA) is 0 Å². The van der Waals surface area contributed by atoms with Crippen molar-refractivity contribution in [2.75, 3.05) is 0 Å². The van der Waals surface area contributed by atoms with Gasteiger partial charge in [-0.15, -0.1) is 0 Å². The predicted molar refractivity (Wildman–Crippen MR) is 121 cm³/mol. The maximum Gasteiger partial charge on any atom is 0.00834 e. The fourth-order valence-electron chi connectivity index (χ4n) is 7.32. The lowest BCUT2D eigenvalue weighted by Gasteiger charge is -2.49. The summed E-state index contributed by atoms with van der Waals surface area (Å²) in [5.74, 6) is 8.08. The van der Waals surface area contributed by atoms with E-state index in [0.717, 1.165) is 57.8 Å². The quantitative estimate of drug-likeness (QED) is 0.466. The van der Waals surface area contributed by atoms with Crippen molar-refractivity contribution >= 4 is 11.8 Å². The summed E-state index contributed by atoms with van der Waals surface area (Å²) in [5, 5.41) is 1.95. The minimum atomic E-state index is 0.949. The molecule has 27 heavy (non-hydrogen) atoms. The standard InChI is InChI=1S/C26H46S/c1-17-14-25(22-11-8-12-22)26(15-18(17)2)27-23-13-19(3)20(4)24(16-23)21-9-6-5-7-10-21/h17-26H,5-16H2,1-4H3. The van der Waals surface area contributed by atoms with Crippen molar-refractivity contribution in [1.29, 1.82) is 0 Å². The summed E-state index contributed by atoms with van der Waals surface area (Å²) in [7, 11) is 0. The highest BCUT2D eigenvalue weighted by molar-refractivity contribution is 8.00. The Balaban J connectivity index is 1.41. The molecule has 4 aliphatic rings. The normalized spacial score (nSPS) is 47.6. The van der Waals surface area contributed by atoms with E-state index in [4.69, 9.17) is 0 Å². The fourth-order valence-corrected chi connectivity index (χ4v) is 9.51. The number of hydrogen-bond acceptors (Lipinski definition) is 1. The Bertz CT molecular complexity index is 463. The van der Waals surface area contributed by atoms with Gasteiger partial charge in [0.05, 0.1) is 0 Å². The van der Waals surface area contributed by atoms with Gasteiger partial charge in [0.25, 0.3) is 0 Å². The summed E-state index contributed by atoms with van der Waals surface area (Å²) in [6.45, 7) is 10.3. The molecule has 0 radical (unpaired) electrons. The molecular formula is C26H46S. The van der Waals surface area contributed by atoms with Gasteiger partial charge in [0.2, 0.25) is 0 Å². The van der Waals surface area contributed by atoms with E-state index in [-0.39, 0.29) is 0 Å². The van der Waals surface area contributed by atoms with Crippen molar-refractivity contribution in [3.63, 3.8) is 0 Å². The van der Waals surface area contributed by atoms with Gasteiger partial charge in [-0.05, 0) is 73.0 Å². The minimum absolute atomic E-state index is 0.949. The first-order valence-corrected chi connectivity index (χ1v) is 13.6. The van der Waals surface area contributed by atoms with Crippen LogP contribution >= 0.6 is 11.8 Å². The van der Waals surface area contributed by atoms with E-state index in [2.05, 4.69) is 39.5 Å². The van der Waals surface area contributed by atoms with Crippen LogP contribution in [-0.2, 0) is 0 Å². The molecule has 1 heteroatoms. The summed E-state index contributed by atoms with van der Waals surface area (Å²) in [6.07, 6.45) is 18.3. The molecule has 4 saturated carbocycles. The highest BCUT2D eigenvalue weighted by Crippen LogP contribution is 2.53. The van der Waals surface area contributed by atoms with E-state index in [1.165, 1.54) is 44.9 Å². The van der Waals surface area contributed by atoms with Gasteiger partial charge in [-0.3, -0.25) is 0 Å². The largest absolute Gasteiger partial charge is 0.155 e. The number of hydrogen-bond donors (Lipinski definition) is 0. The highest BCUT2D eigenvalue weighted by Gasteiger charge is 2.43. The predicted octanol–water partition coefficient (Wildman–Crippen LogP) is 8.20. The Labute approximate surface area is 174 Å². The maximum absolute atomic E-state index is 2.60. The molecule has 8 atom stereocenters. The van der Waals surface area contributed by atoms with Crippen LogP contribution in [0, 0.1) is 47.3 Å². The molecule has 156 valence electrons. The summed E-state index contributed by atoms with van der Waals surface area (Å²) in [5.41, 5.74) is 0. The lowest BCUT2D eigenvalue weighted by Crippen LogP contribution is -2.41. The van der Waals surface area contributed by atoms with Crippen molar-refractivity contribution < 1.29 is 0 Å². The fraction of sp³-hybridized carbons (Fsp3) is 1.00. The van der Waals surface area contributed by atoms with Crippen LogP contribution in [0.2, 0.25) is 0 Å². The van der Waals surface area contributed by atoms with Crippen molar-refractivity contribution in [1.82, 2.24) is 0 Å². The van der Waals surface area contributed by atoms with E-state index in [9.17, 15) is 0 Å². The monoisotopic (exact) mass is 390 g/mol. The molecule has 0 N–H and O–H groups in total. The van der Waals surface area contributed by atoms with E-state index in [1.807, 2.05) is 0 Å². The first kappa shape index (κ1) is 20.6. The minimum Gasteiger partial charge on any atom is -0.155 e. The first-order valence-electron chi connectivity index (χ1n) is 12.7. The van der Waals surface area contributed by atoms with Crippen molar-refractivity contribution in [3.8, 4) is 0 Å². The van der Waals surface area contributed by atoms with E-state index >= 15 is 0 Å². The highest BCUT2D eigenvalue weighted by atomic mass is 32.2. The molecular weight excluding hydrogens is 344 g/mol. The zero-order chi connectivity index (χ0) is 19.0. The van der Waals surface area contributed by atoms with Gasteiger partial charge < -0.3 is 0 Å². The second-order valence-corrected chi connectivity index (χ2v) is 13.0. The molecule has 0 saturated heterocycles. The average Bonchev–Trinajstić information content (AvgIpc) is 2.61. The van der Waals surface area contributed by atoms with Crippen LogP contribution in [0.3, 0.4) is 0 Å². The second-order valence-electron chi connectivity index (χ2n) is 11.4. The van der Waals surface area contributed by atoms with Gasteiger partial charge in [-0.1, -0.05) is 79.1 Å². The molecule has 4 rings (SSSR count). The molecule has 0 spiro atoms. The summed E-state index contributed by atoms with van der Waals surface area (Å²) < 4.78 is 0. The first-order chi connectivity index (χ1) is 13.0. The van der Waals surface area contributed by atoms with Crippen molar-refractivity contribution in [2.45, 2.75) is 115 Å². The summed E-state index contributed by atoms with van der Waals surface area (Å²) in [4.78, 5) is 0. The third-order valence-electron chi connectivity index (χ3n) is 9.82. The maximum atomic E-state index is 2.60. The van der Waals surface area contributed by atoms with E-state index in [1.54, 1.807) is 32.1 Å². The number of thioether (sulfide) groups is 1. The van der Waals surface area contributed by atoms with Crippen LogP contribution in [0.25, 0.3) is 0 Å². The van der Waals surface area contributed by atoms with Gasteiger partial charge in [0.15, 0.2) is 0 Å². The molecule has 0 aromatic heterocycles. The van der Waals surface area contributed by atoms with Crippen LogP contribution < -0.4 is 0 Å². The van der Waals surface area contributed by atoms with Crippen molar-refractivity contribution in [3.05, 3.63) is 0 Å². The molecule has 0 heterocycles. The third kappa shape index (κ3) is 4.59. The smallest absolute Gasteiger partial charge is 0.00834 e. The number of rotatable bonds is 4. The van der Waals surface area contributed by atoms with Gasteiger partial charge >= 0.3 is 0 Å². The van der Waals surface area contributed by atoms with Gasteiger partial charge in [0, 0.05) is 10.5 Å². The Hall–Kier alpha value is 0.350. The Kier molecular flexibility index (Phi) is 6.88. The molecule has 0 aromatic carbocycles. The molecule has 0 aromatic rings. The van der Waals surface area contributed by atoms with E-state index in [0.29, 0.717) is 0 Å². The zero-order valence-electron chi connectivity index (χ0n) is 18.7. The lowest BCUT2D eigenvalue weighted by atomic mass is 9.65. The zero-order valence-corrected chi connectivity index (χ0v) is 19.5. The molecule has 0 bridgehead atoms. The molecule has 4 aliphatic carbocycles. The average molecular weight is 391 g/mol. The molecule has 4 fully saturated rings. The molecule has 0 amide bonds. The molecule has 8 unspecified atom stereocenters. The van der Waals surface area contributed by atoms with Crippen LogP contribution in [-0.4, -0.2) is 10.5 Å². The molecule has 0 nitrogen and oxygen atoms in total. The van der Waals surface area contributed by atoms with Crippen LogP contribution in [0.5, 0.6) is 0 Å². The second kappa shape index (κ2) is 9.01. The van der Waals surface area contributed by atoms with Crippen LogP contribution in [0.15, 0.2) is 0 Å². The van der Waals surface area contributed by atoms with Gasteiger partial charge in [-0.25, -0.2) is 0 Å². The molecule has 0 aliphatic heterocycles. The Morgan fingerprint density at radius 3 is 1.85 bits per heavy atom. The van der Waals surface area contributed by atoms with E-state index < -0.39 is 0 Å². The van der Waals surface area contributed by atoms with Crippen LogP contribution in [0.4, 0.5) is 0 Å². The van der Waals surface area contributed by atoms with Gasteiger partial charge in [-0.2, -0.15) is 11.8 Å². The Morgan fingerprint density at radius 1 is 0.556 bits per heavy atom. The van der Waals surface area contributed by atoms with Crippen LogP contribution in [0.1, 0.15) is 105 Å². The SMILES string of the molecule is CC1CC(SC2CC(C)C(C)C(C3CCCCC3)C2)C(C2CCC2)CC1C. The Morgan fingerprint density at radius 2 is 1.19 bits per heavy atom. The van der Waals surface area contributed by atoms with Crippen molar-refractivity contribution in [2.24, 2.45) is 47.3 Å². The lowest BCUT2D eigenvalue weighted by molar-refractivity contribution is 0.1000. The summed E-state index contributed by atoms with van der Waals surface area (Å²) >= 11 is 2.51. The van der Waals surface area contributed by atoms with Gasteiger partial charge in [0.1, 0.15) is 0 Å². The third-order valence-corrected chi connectivity index (χ3v) is 11.5.